The van der Waals surface area contributed by atoms with Crippen LogP contribution >= 0.6 is 11.6 Å². The molecule has 0 aromatic heterocycles. The highest BCUT2D eigenvalue weighted by molar-refractivity contribution is 6.32. The predicted octanol–water partition coefficient (Wildman–Crippen LogP) is 3.67. The third kappa shape index (κ3) is 2.69. The van der Waals surface area contributed by atoms with E-state index in [1.165, 1.54) is 5.56 Å². The first-order valence-electron chi connectivity index (χ1n) is 5.41. The van der Waals surface area contributed by atoms with Gasteiger partial charge in [-0.15, -0.1) is 0 Å². The van der Waals surface area contributed by atoms with E-state index in [9.17, 15) is 0 Å². The normalized spacial score (nSPS) is 13.7. The molecule has 1 unspecified atom stereocenters. The van der Waals surface area contributed by atoms with E-state index < -0.39 is 0 Å². The van der Waals surface area contributed by atoms with Crippen molar-refractivity contribution in [3.63, 3.8) is 0 Å². The van der Waals surface area contributed by atoms with E-state index in [1.54, 1.807) is 7.11 Å². The lowest BCUT2D eigenvalue weighted by Gasteiger charge is -2.23. The van der Waals surface area contributed by atoms with E-state index >= 15 is 0 Å². The molecular formula is C13H20ClNO. The standard InChI is InChI=1S/C13H20ClNO/c1-8(15)10-6-9(13(2,3)4)7-11(14)12(10)16-5/h6-8H,15H2,1-5H3. The number of benzene rings is 1. The minimum absolute atomic E-state index is 0.0551. The Balaban J connectivity index is 3.40. The van der Waals surface area contributed by atoms with Crippen molar-refractivity contribution in [2.45, 2.75) is 39.2 Å². The topological polar surface area (TPSA) is 35.2 Å². The molecule has 0 spiro atoms. The number of ether oxygens (including phenoxy) is 1. The molecule has 1 atom stereocenters. The molecule has 0 aliphatic heterocycles. The summed E-state index contributed by atoms with van der Waals surface area (Å²) in [5.41, 5.74) is 8.12. The molecule has 2 nitrogen and oxygen atoms in total. The van der Waals surface area contributed by atoms with Gasteiger partial charge in [-0.2, -0.15) is 0 Å². The maximum Gasteiger partial charge on any atom is 0.142 e. The summed E-state index contributed by atoms with van der Waals surface area (Å²) < 4.78 is 5.29. The Bertz CT molecular complexity index is 380. The van der Waals surface area contributed by atoms with E-state index in [2.05, 4.69) is 26.8 Å². The second kappa shape index (κ2) is 4.64. The fourth-order valence-electron chi connectivity index (χ4n) is 1.60. The SMILES string of the molecule is COc1c(Cl)cc(C(C)(C)C)cc1C(C)N. The van der Waals surface area contributed by atoms with Crippen molar-refractivity contribution < 1.29 is 4.74 Å². The monoisotopic (exact) mass is 241 g/mol. The summed E-state index contributed by atoms with van der Waals surface area (Å²) in [6, 6.07) is 3.94. The van der Waals surface area contributed by atoms with E-state index in [-0.39, 0.29) is 11.5 Å². The predicted molar refractivity (Wildman–Crippen MR) is 69.3 cm³/mol. The summed E-state index contributed by atoms with van der Waals surface area (Å²) in [5, 5.41) is 0.627. The molecule has 1 aromatic rings. The van der Waals surface area contributed by atoms with Crippen LogP contribution in [0.25, 0.3) is 0 Å². The molecule has 1 aromatic carbocycles. The van der Waals surface area contributed by atoms with Crippen molar-refractivity contribution in [2.24, 2.45) is 5.73 Å². The van der Waals surface area contributed by atoms with Crippen molar-refractivity contribution >= 4 is 11.6 Å². The summed E-state index contributed by atoms with van der Waals surface area (Å²) in [5.74, 6) is 0.685. The zero-order valence-corrected chi connectivity index (χ0v) is 11.4. The molecule has 1 rings (SSSR count). The number of hydrogen-bond donors (Lipinski definition) is 1. The van der Waals surface area contributed by atoms with Gasteiger partial charge in [-0.3, -0.25) is 0 Å². The van der Waals surface area contributed by atoms with Crippen LogP contribution in [0, 0.1) is 0 Å². The molecule has 0 heterocycles. The molecule has 0 saturated heterocycles. The molecule has 0 amide bonds. The van der Waals surface area contributed by atoms with Crippen molar-refractivity contribution in [3.05, 3.63) is 28.3 Å². The lowest BCUT2D eigenvalue weighted by molar-refractivity contribution is 0.406. The van der Waals surface area contributed by atoms with E-state index in [0.717, 1.165) is 5.56 Å². The van der Waals surface area contributed by atoms with E-state index in [4.69, 9.17) is 22.1 Å². The average molecular weight is 242 g/mol. The number of methoxy groups -OCH3 is 1. The van der Waals surface area contributed by atoms with Crippen LogP contribution in [0.2, 0.25) is 5.02 Å². The zero-order chi connectivity index (χ0) is 12.5. The minimum Gasteiger partial charge on any atom is -0.495 e. The van der Waals surface area contributed by atoms with Crippen LogP contribution in [0.5, 0.6) is 5.75 Å². The van der Waals surface area contributed by atoms with Gasteiger partial charge in [0.1, 0.15) is 5.75 Å². The quantitative estimate of drug-likeness (QED) is 0.858. The Labute approximate surface area is 103 Å². The lowest BCUT2D eigenvalue weighted by Crippen LogP contribution is -2.14. The van der Waals surface area contributed by atoms with Gasteiger partial charge in [0.25, 0.3) is 0 Å². The van der Waals surface area contributed by atoms with Crippen LogP contribution in [0.15, 0.2) is 12.1 Å². The highest BCUT2D eigenvalue weighted by Crippen LogP contribution is 2.36. The smallest absolute Gasteiger partial charge is 0.142 e. The van der Waals surface area contributed by atoms with Crippen molar-refractivity contribution in [2.75, 3.05) is 7.11 Å². The minimum atomic E-state index is -0.0882. The van der Waals surface area contributed by atoms with Crippen LogP contribution in [0.1, 0.15) is 44.9 Å². The van der Waals surface area contributed by atoms with Gasteiger partial charge in [-0.05, 0) is 30.0 Å². The molecule has 0 aliphatic rings. The third-order valence-electron chi connectivity index (χ3n) is 2.63. The Morgan fingerprint density at radius 3 is 2.25 bits per heavy atom. The number of halogens is 1. The highest BCUT2D eigenvalue weighted by atomic mass is 35.5. The fourth-order valence-corrected chi connectivity index (χ4v) is 1.91. The first-order chi connectivity index (χ1) is 7.27. The van der Waals surface area contributed by atoms with Gasteiger partial charge in [0.05, 0.1) is 12.1 Å². The summed E-state index contributed by atoms with van der Waals surface area (Å²) in [6.07, 6.45) is 0. The largest absolute Gasteiger partial charge is 0.495 e. The molecule has 0 aliphatic carbocycles. The van der Waals surface area contributed by atoms with Crippen molar-refractivity contribution in [3.8, 4) is 5.75 Å². The second-order valence-corrected chi connectivity index (χ2v) is 5.53. The van der Waals surface area contributed by atoms with Crippen molar-refractivity contribution in [1.82, 2.24) is 0 Å². The Morgan fingerprint density at radius 1 is 1.31 bits per heavy atom. The van der Waals surface area contributed by atoms with Gasteiger partial charge in [-0.25, -0.2) is 0 Å². The van der Waals surface area contributed by atoms with Gasteiger partial charge in [0, 0.05) is 11.6 Å². The maximum atomic E-state index is 6.20. The molecular weight excluding hydrogens is 222 g/mol. The molecule has 0 radical (unpaired) electrons. The Morgan fingerprint density at radius 2 is 1.88 bits per heavy atom. The summed E-state index contributed by atoms with van der Waals surface area (Å²) in [4.78, 5) is 0. The summed E-state index contributed by atoms with van der Waals surface area (Å²) >= 11 is 6.20. The number of hydrogen-bond acceptors (Lipinski definition) is 2. The fraction of sp³-hybridized carbons (Fsp3) is 0.538. The van der Waals surface area contributed by atoms with Crippen LogP contribution in [0.3, 0.4) is 0 Å². The summed E-state index contributed by atoms with van der Waals surface area (Å²) in [6.45, 7) is 8.38. The maximum absolute atomic E-state index is 6.20. The molecule has 90 valence electrons. The average Bonchev–Trinajstić information content (AvgIpc) is 2.14. The van der Waals surface area contributed by atoms with Crippen LogP contribution in [-0.4, -0.2) is 7.11 Å². The van der Waals surface area contributed by atoms with Gasteiger partial charge in [0.15, 0.2) is 0 Å². The third-order valence-corrected chi connectivity index (χ3v) is 2.91. The van der Waals surface area contributed by atoms with E-state index in [1.807, 2.05) is 13.0 Å². The van der Waals surface area contributed by atoms with Crippen LogP contribution in [-0.2, 0) is 5.41 Å². The number of nitrogens with two attached hydrogens (primary N) is 1. The Hall–Kier alpha value is -0.730. The summed E-state index contributed by atoms with van der Waals surface area (Å²) in [7, 11) is 1.61. The first kappa shape index (κ1) is 13.3. The van der Waals surface area contributed by atoms with Crippen molar-refractivity contribution in [1.29, 1.82) is 0 Å². The molecule has 0 fully saturated rings. The van der Waals surface area contributed by atoms with Gasteiger partial charge in [-0.1, -0.05) is 32.4 Å². The molecule has 16 heavy (non-hydrogen) atoms. The number of rotatable bonds is 2. The zero-order valence-electron chi connectivity index (χ0n) is 10.6. The van der Waals surface area contributed by atoms with Gasteiger partial charge >= 0.3 is 0 Å². The molecule has 3 heteroatoms. The molecule has 0 bridgehead atoms. The second-order valence-electron chi connectivity index (χ2n) is 5.12. The molecule has 2 N–H and O–H groups in total. The van der Waals surface area contributed by atoms with Gasteiger partial charge in [0.2, 0.25) is 0 Å². The van der Waals surface area contributed by atoms with Gasteiger partial charge < -0.3 is 10.5 Å². The van der Waals surface area contributed by atoms with Crippen LogP contribution < -0.4 is 10.5 Å². The van der Waals surface area contributed by atoms with Crippen LogP contribution in [0.4, 0.5) is 0 Å². The highest BCUT2D eigenvalue weighted by Gasteiger charge is 2.20. The van der Waals surface area contributed by atoms with E-state index in [0.29, 0.717) is 10.8 Å². The Kier molecular flexibility index (Phi) is 3.87. The molecule has 0 saturated carbocycles. The lowest BCUT2D eigenvalue weighted by atomic mass is 9.85. The first-order valence-corrected chi connectivity index (χ1v) is 5.78.